The number of aliphatic hydroxyl groups excluding tert-OH is 1. The molecule has 1 aromatic carbocycles. The lowest BCUT2D eigenvalue weighted by molar-refractivity contribution is 0.276. The van der Waals surface area contributed by atoms with E-state index in [1.165, 1.54) is 6.07 Å². The van der Waals surface area contributed by atoms with Crippen molar-refractivity contribution >= 4 is 22.8 Å². The molecule has 0 bridgehead atoms. The van der Waals surface area contributed by atoms with Gasteiger partial charge in [-0.15, -0.1) is 0 Å². The second-order valence-electron chi connectivity index (χ2n) is 6.34. The average Bonchev–Trinajstić information content (AvgIpc) is 3.00. The largest absolute Gasteiger partial charge is 0.396 e. The highest BCUT2D eigenvalue weighted by Gasteiger charge is 2.16. The van der Waals surface area contributed by atoms with Crippen molar-refractivity contribution in [3.8, 4) is 0 Å². The van der Waals surface area contributed by atoms with Crippen LogP contribution in [0.5, 0.6) is 0 Å². The number of nitrogens with two attached hydrogens (primary N) is 1. The number of nitrogen functional groups attached to an aromatic ring is 1. The fourth-order valence-corrected chi connectivity index (χ4v) is 3.15. The van der Waals surface area contributed by atoms with Crippen LogP contribution in [0.25, 0.3) is 11.0 Å². The summed E-state index contributed by atoms with van der Waals surface area (Å²) in [6.07, 6.45) is 4.36. The standard InChI is InChI=1S/C19H24FN5O/c1-2-5-14(9-11-26)22-18-17-16(23-19(21)24-18)8-10-25(17)12-13-6-3-4-7-15(13)20/h3-4,6-8,10,14,26H,2,5,9,11-12H2,1H3,(H3,21,22,23,24). The molecule has 0 radical (unpaired) electrons. The second-order valence-corrected chi connectivity index (χ2v) is 6.34. The third-order valence-corrected chi connectivity index (χ3v) is 4.38. The summed E-state index contributed by atoms with van der Waals surface area (Å²) in [7, 11) is 0. The Kier molecular flexibility index (Phi) is 5.68. The highest BCUT2D eigenvalue weighted by atomic mass is 19.1. The smallest absolute Gasteiger partial charge is 0.222 e. The third kappa shape index (κ3) is 3.94. The molecule has 6 nitrogen and oxygen atoms in total. The van der Waals surface area contributed by atoms with Gasteiger partial charge in [-0.1, -0.05) is 31.5 Å². The van der Waals surface area contributed by atoms with Crippen LogP contribution in [-0.4, -0.2) is 32.3 Å². The quantitative estimate of drug-likeness (QED) is 0.576. The van der Waals surface area contributed by atoms with Crippen molar-refractivity contribution < 1.29 is 9.50 Å². The van der Waals surface area contributed by atoms with E-state index in [0.29, 0.717) is 29.9 Å². The number of benzene rings is 1. The zero-order valence-corrected chi connectivity index (χ0v) is 14.8. The number of hydrogen-bond acceptors (Lipinski definition) is 5. The van der Waals surface area contributed by atoms with Gasteiger partial charge in [0.2, 0.25) is 5.95 Å². The predicted molar refractivity (Wildman–Crippen MR) is 101 cm³/mol. The molecule has 26 heavy (non-hydrogen) atoms. The van der Waals surface area contributed by atoms with E-state index in [-0.39, 0.29) is 24.4 Å². The molecule has 1 unspecified atom stereocenters. The first kappa shape index (κ1) is 18.1. The number of rotatable bonds is 8. The summed E-state index contributed by atoms with van der Waals surface area (Å²) in [5.41, 5.74) is 7.93. The van der Waals surface area contributed by atoms with E-state index in [4.69, 9.17) is 5.73 Å². The Balaban J connectivity index is 1.99. The first-order chi connectivity index (χ1) is 12.6. The van der Waals surface area contributed by atoms with Gasteiger partial charge in [-0.3, -0.25) is 0 Å². The number of halogens is 1. The number of anilines is 2. The summed E-state index contributed by atoms with van der Waals surface area (Å²) in [6.45, 7) is 2.56. The van der Waals surface area contributed by atoms with E-state index in [1.807, 2.05) is 22.9 Å². The van der Waals surface area contributed by atoms with Crippen molar-refractivity contribution in [2.45, 2.75) is 38.8 Å². The third-order valence-electron chi connectivity index (χ3n) is 4.38. The summed E-state index contributed by atoms with van der Waals surface area (Å²) < 4.78 is 16.0. The molecule has 0 spiro atoms. The molecule has 0 aliphatic carbocycles. The Morgan fingerprint density at radius 1 is 1.23 bits per heavy atom. The highest BCUT2D eigenvalue weighted by molar-refractivity contribution is 5.87. The van der Waals surface area contributed by atoms with Crippen LogP contribution in [0, 0.1) is 5.82 Å². The van der Waals surface area contributed by atoms with Crippen molar-refractivity contribution in [3.63, 3.8) is 0 Å². The lowest BCUT2D eigenvalue weighted by atomic mass is 10.1. The van der Waals surface area contributed by atoms with E-state index >= 15 is 0 Å². The van der Waals surface area contributed by atoms with Gasteiger partial charge in [-0.25, -0.2) is 9.37 Å². The Hall–Kier alpha value is -2.67. The molecule has 3 aromatic rings. The van der Waals surface area contributed by atoms with E-state index in [0.717, 1.165) is 18.4 Å². The van der Waals surface area contributed by atoms with Gasteiger partial charge < -0.3 is 20.7 Å². The summed E-state index contributed by atoms with van der Waals surface area (Å²) in [4.78, 5) is 8.64. The molecule has 138 valence electrons. The molecule has 0 fully saturated rings. The molecule has 0 aliphatic heterocycles. The molecule has 3 rings (SSSR count). The van der Waals surface area contributed by atoms with Gasteiger partial charge in [0.1, 0.15) is 11.3 Å². The number of aromatic nitrogens is 3. The van der Waals surface area contributed by atoms with Crippen LogP contribution in [0.2, 0.25) is 0 Å². The molecular weight excluding hydrogens is 333 g/mol. The molecule has 0 saturated heterocycles. The molecule has 0 aliphatic rings. The second kappa shape index (κ2) is 8.14. The fraction of sp³-hybridized carbons (Fsp3) is 0.368. The zero-order valence-electron chi connectivity index (χ0n) is 14.8. The zero-order chi connectivity index (χ0) is 18.5. The van der Waals surface area contributed by atoms with Gasteiger partial charge in [0, 0.05) is 24.4 Å². The van der Waals surface area contributed by atoms with E-state index < -0.39 is 0 Å². The number of hydrogen-bond donors (Lipinski definition) is 3. The van der Waals surface area contributed by atoms with E-state index in [2.05, 4.69) is 22.2 Å². The summed E-state index contributed by atoms with van der Waals surface area (Å²) in [5.74, 6) is 0.549. The van der Waals surface area contributed by atoms with Crippen LogP contribution in [0.1, 0.15) is 31.7 Å². The van der Waals surface area contributed by atoms with Crippen LogP contribution in [0.15, 0.2) is 36.5 Å². The van der Waals surface area contributed by atoms with Crippen LogP contribution in [0.4, 0.5) is 16.2 Å². The minimum Gasteiger partial charge on any atom is -0.396 e. The number of nitrogens with one attached hydrogen (secondary N) is 1. The Labute approximate surface area is 151 Å². The van der Waals surface area contributed by atoms with Crippen LogP contribution in [0.3, 0.4) is 0 Å². The topological polar surface area (TPSA) is 89.0 Å². The molecule has 1 atom stereocenters. The van der Waals surface area contributed by atoms with Gasteiger partial charge in [-0.05, 0) is 25.0 Å². The van der Waals surface area contributed by atoms with Gasteiger partial charge in [0.15, 0.2) is 5.82 Å². The monoisotopic (exact) mass is 357 g/mol. The Morgan fingerprint density at radius 2 is 2.04 bits per heavy atom. The van der Waals surface area contributed by atoms with Crippen LogP contribution < -0.4 is 11.1 Å². The number of aliphatic hydroxyl groups is 1. The minimum absolute atomic E-state index is 0.0827. The lowest BCUT2D eigenvalue weighted by Gasteiger charge is -2.19. The fourth-order valence-electron chi connectivity index (χ4n) is 3.15. The van der Waals surface area contributed by atoms with Crippen molar-refractivity contribution in [2.24, 2.45) is 0 Å². The molecule has 4 N–H and O–H groups in total. The maximum Gasteiger partial charge on any atom is 0.222 e. The summed E-state index contributed by atoms with van der Waals surface area (Å²) >= 11 is 0. The molecule has 0 saturated carbocycles. The molecule has 0 amide bonds. The molecule has 7 heteroatoms. The first-order valence-electron chi connectivity index (χ1n) is 8.85. The Morgan fingerprint density at radius 3 is 2.77 bits per heavy atom. The van der Waals surface area contributed by atoms with E-state index in [1.54, 1.807) is 12.1 Å². The Bertz CT molecular complexity index is 873. The van der Waals surface area contributed by atoms with Crippen molar-refractivity contribution in [1.82, 2.24) is 14.5 Å². The lowest BCUT2D eigenvalue weighted by Crippen LogP contribution is -2.22. The molecule has 2 aromatic heterocycles. The number of fused-ring (bicyclic) bond motifs is 1. The average molecular weight is 357 g/mol. The minimum atomic E-state index is -0.246. The maximum atomic E-state index is 14.0. The van der Waals surface area contributed by atoms with Crippen molar-refractivity contribution in [2.75, 3.05) is 17.7 Å². The SMILES string of the molecule is CCCC(CCO)Nc1nc(N)nc2ccn(Cc3ccccc3F)c12. The summed E-state index contributed by atoms with van der Waals surface area (Å²) in [5, 5.41) is 12.7. The maximum absolute atomic E-state index is 14.0. The van der Waals surface area contributed by atoms with E-state index in [9.17, 15) is 9.50 Å². The van der Waals surface area contributed by atoms with Gasteiger partial charge in [0.05, 0.1) is 12.1 Å². The molecule has 2 heterocycles. The highest BCUT2D eigenvalue weighted by Crippen LogP contribution is 2.25. The van der Waals surface area contributed by atoms with Crippen molar-refractivity contribution in [3.05, 3.63) is 47.9 Å². The van der Waals surface area contributed by atoms with Crippen LogP contribution in [-0.2, 0) is 6.54 Å². The van der Waals surface area contributed by atoms with Crippen molar-refractivity contribution in [1.29, 1.82) is 0 Å². The van der Waals surface area contributed by atoms with Gasteiger partial charge in [-0.2, -0.15) is 4.98 Å². The van der Waals surface area contributed by atoms with Gasteiger partial charge >= 0.3 is 0 Å². The number of nitrogens with zero attached hydrogens (tertiary/aromatic N) is 3. The predicted octanol–water partition coefficient (Wildman–Crippen LogP) is 3.16. The normalized spacial score (nSPS) is 12.4. The van der Waals surface area contributed by atoms with Gasteiger partial charge in [0.25, 0.3) is 0 Å². The summed E-state index contributed by atoms with van der Waals surface area (Å²) in [6, 6.07) is 8.63. The first-order valence-corrected chi connectivity index (χ1v) is 8.85. The molecular formula is C19H24FN5O. The van der Waals surface area contributed by atoms with Crippen LogP contribution >= 0.6 is 0 Å².